The molecule has 0 unspecified atom stereocenters. The van der Waals surface area contributed by atoms with Gasteiger partial charge >= 0.3 is 0 Å². The van der Waals surface area contributed by atoms with Crippen LogP contribution < -0.4 is 5.73 Å². The summed E-state index contributed by atoms with van der Waals surface area (Å²) < 4.78 is 1.25. The third-order valence-corrected chi connectivity index (χ3v) is 2.18. The number of aryl methyl sites for hydroxylation is 2. The first-order valence-electron chi connectivity index (χ1n) is 3.13. The molecular weight excluding hydrogens is 272 g/mol. The standard InChI is InChI=1S/C8H10IN.ClH/c1-5-3-7(9)4-6(2)8(5)10;/h3-4H,10H2,1-2H3;1H. The Labute approximate surface area is 86.9 Å². The Morgan fingerprint density at radius 2 is 1.55 bits per heavy atom. The van der Waals surface area contributed by atoms with Crippen molar-refractivity contribution < 1.29 is 0 Å². The summed E-state index contributed by atoms with van der Waals surface area (Å²) in [6, 6.07) is 4.17. The lowest BCUT2D eigenvalue weighted by molar-refractivity contribution is 1.37. The maximum atomic E-state index is 5.75. The summed E-state index contributed by atoms with van der Waals surface area (Å²) in [6.45, 7) is 4.06. The van der Waals surface area contributed by atoms with Gasteiger partial charge in [0.25, 0.3) is 0 Å². The molecule has 0 heterocycles. The van der Waals surface area contributed by atoms with Gasteiger partial charge < -0.3 is 5.73 Å². The van der Waals surface area contributed by atoms with Gasteiger partial charge in [-0.05, 0) is 59.7 Å². The molecule has 2 N–H and O–H groups in total. The Morgan fingerprint density at radius 1 is 1.18 bits per heavy atom. The highest BCUT2D eigenvalue weighted by atomic mass is 127. The molecule has 0 radical (unpaired) electrons. The summed E-state index contributed by atoms with van der Waals surface area (Å²) in [5.41, 5.74) is 9.01. The highest BCUT2D eigenvalue weighted by Gasteiger charge is 1.97. The molecule has 0 aromatic heterocycles. The Morgan fingerprint density at radius 3 is 1.91 bits per heavy atom. The predicted molar refractivity (Wildman–Crippen MR) is 60.3 cm³/mol. The Kier molecular flexibility index (Phi) is 4.18. The van der Waals surface area contributed by atoms with E-state index < -0.39 is 0 Å². The topological polar surface area (TPSA) is 26.0 Å². The van der Waals surface area contributed by atoms with Crippen LogP contribution in [0.4, 0.5) is 5.69 Å². The van der Waals surface area contributed by atoms with Crippen LogP contribution in [0.1, 0.15) is 11.1 Å². The molecule has 0 atom stereocenters. The second-order valence-electron chi connectivity index (χ2n) is 2.45. The molecular formula is C8H11ClIN. The van der Waals surface area contributed by atoms with Crippen molar-refractivity contribution in [1.82, 2.24) is 0 Å². The second-order valence-corrected chi connectivity index (χ2v) is 3.70. The van der Waals surface area contributed by atoms with Crippen LogP contribution in [-0.4, -0.2) is 0 Å². The van der Waals surface area contributed by atoms with Crippen LogP contribution in [0.2, 0.25) is 0 Å². The highest BCUT2D eigenvalue weighted by Crippen LogP contribution is 2.19. The average Bonchev–Trinajstić information content (AvgIpc) is 1.82. The van der Waals surface area contributed by atoms with E-state index >= 15 is 0 Å². The van der Waals surface area contributed by atoms with Gasteiger partial charge in [0.1, 0.15) is 0 Å². The summed E-state index contributed by atoms with van der Waals surface area (Å²) in [7, 11) is 0. The minimum atomic E-state index is 0. The van der Waals surface area contributed by atoms with Crippen molar-refractivity contribution in [2.75, 3.05) is 5.73 Å². The fraction of sp³-hybridized carbons (Fsp3) is 0.250. The molecule has 62 valence electrons. The normalized spacial score (nSPS) is 9.00. The summed E-state index contributed by atoms with van der Waals surface area (Å²) in [4.78, 5) is 0. The zero-order valence-corrected chi connectivity index (χ0v) is 9.49. The molecule has 3 heteroatoms. The first-order valence-corrected chi connectivity index (χ1v) is 4.21. The van der Waals surface area contributed by atoms with Crippen molar-refractivity contribution in [2.24, 2.45) is 0 Å². The van der Waals surface area contributed by atoms with Gasteiger partial charge in [-0.3, -0.25) is 0 Å². The van der Waals surface area contributed by atoms with Gasteiger partial charge in [-0.2, -0.15) is 0 Å². The van der Waals surface area contributed by atoms with Crippen LogP contribution in [-0.2, 0) is 0 Å². The largest absolute Gasteiger partial charge is 0.398 e. The van der Waals surface area contributed by atoms with Gasteiger partial charge in [0, 0.05) is 9.26 Å². The fourth-order valence-corrected chi connectivity index (χ4v) is 1.86. The van der Waals surface area contributed by atoms with Gasteiger partial charge in [-0.25, -0.2) is 0 Å². The summed E-state index contributed by atoms with van der Waals surface area (Å²) in [5.74, 6) is 0. The molecule has 0 aliphatic carbocycles. The number of halogens is 2. The maximum absolute atomic E-state index is 5.75. The SMILES string of the molecule is Cc1cc(I)cc(C)c1N.Cl. The third kappa shape index (κ3) is 2.52. The quantitative estimate of drug-likeness (QED) is 0.575. The van der Waals surface area contributed by atoms with Gasteiger partial charge in [-0.1, -0.05) is 0 Å². The Bertz CT molecular complexity index is 237. The van der Waals surface area contributed by atoms with E-state index in [2.05, 4.69) is 34.7 Å². The van der Waals surface area contributed by atoms with Crippen LogP contribution in [0, 0.1) is 17.4 Å². The maximum Gasteiger partial charge on any atom is 0.0374 e. The fourth-order valence-electron chi connectivity index (χ4n) is 0.922. The van der Waals surface area contributed by atoms with Crippen molar-refractivity contribution in [3.05, 3.63) is 26.8 Å². The molecule has 0 amide bonds. The van der Waals surface area contributed by atoms with Crippen molar-refractivity contribution in [2.45, 2.75) is 13.8 Å². The lowest BCUT2D eigenvalue weighted by atomic mass is 10.1. The molecule has 0 spiro atoms. The van der Waals surface area contributed by atoms with Crippen LogP contribution in [0.3, 0.4) is 0 Å². The van der Waals surface area contributed by atoms with E-state index in [1.165, 1.54) is 14.7 Å². The van der Waals surface area contributed by atoms with Crippen molar-refractivity contribution in [1.29, 1.82) is 0 Å². The van der Waals surface area contributed by atoms with E-state index in [0.29, 0.717) is 0 Å². The molecule has 0 aliphatic heterocycles. The molecule has 1 nitrogen and oxygen atoms in total. The number of benzene rings is 1. The number of rotatable bonds is 0. The lowest BCUT2D eigenvalue weighted by Gasteiger charge is -2.03. The molecule has 1 rings (SSSR count). The van der Waals surface area contributed by atoms with Crippen LogP contribution in [0.25, 0.3) is 0 Å². The molecule has 0 fully saturated rings. The van der Waals surface area contributed by atoms with Gasteiger partial charge in [0.15, 0.2) is 0 Å². The molecule has 0 saturated carbocycles. The lowest BCUT2D eigenvalue weighted by Crippen LogP contribution is -1.93. The molecule has 0 aliphatic rings. The molecule has 11 heavy (non-hydrogen) atoms. The molecule has 0 saturated heterocycles. The van der Waals surface area contributed by atoms with Crippen molar-refractivity contribution in [3.63, 3.8) is 0 Å². The van der Waals surface area contributed by atoms with Crippen LogP contribution in [0.5, 0.6) is 0 Å². The number of anilines is 1. The number of hydrogen-bond donors (Lipinski definition) is 1. The molecule has 1 aromatic rings. The molecule has 1 aromatic carbocycles. The van der Waals surface area contributed by atoms with Crippen molar-refractivity contribution >= 4 is 40.7 Å². The zero-order chi connectivity index (χ0) is 7.72. The zero-order valence-electron chi connectivity index (χ0n) is 6.52. The van der Waals surface area contributed by atoms with E-state index in [0.717, 1.165) is 5.69 Å². The van der Waals surface area contributed by atoms with E-state index in [1.807, 2.05) is 13.8 Å². The van der Waals surface area contributed by atoms with Gasteiger partial charge in [-0.15, -0.1) is 12.4 Å². The molecule has 0 bridgehead atoms. The van der Waals surface area contributed by atoms with E-state index in [9.17, 15) is 0 Å². The number of nitrogens with two attached hydrogens (primary N) is 1. The van der Waals surface area contributed by atoms with E-state index in [4.69, 9.17) is 5.73 Å². The first kappa shape index (κ1) is 11.0. The van der Waals surface area contributed by atoms with Crippen molar-refractivity contribution in [3.8, 4) is 0 Å². The first-order chi connectivity index (χ1) is 4.61. The monoisotopic (exact) mass is 283 g/mol. The predicted octanol–water partition coefficient (Wildman–Crippen LogP) is 2.91. The second kappa shape index (κ2) is 4.16. The van der Waals surface area contributed by atoms with Gasteiger partial charge in [0.2, 0.25) is 0 Å². The van der Waals surface area contributed by atoms with Gasteiger partial charge in [0.05, 0.1) is 0 Å². The Hall–Kier alpha value is 0.0400. The summed E-state index contributed by atoms with van der Waals surface area (Å²) in [5, 5.41) is 0. The average molecular weight is 284 g/mol. The summed E-state index contributed by atoms with van der Waals surface area (Å²) in [6.07, 6.45) is 0. The smallest absolute Gasteiger partial charge is 0.0374 e. The Balaban J connectivity index is 0.000001000. The number of hydrogen-bond acceptors (Lipinski definition) is 1. The van der Waals surface area contributed by atoms with E-state index in [-0.39, 0.29) is 12.4 Å². The number of nitrogen functional groups attached to an aromatic ring is 1. The highest BCUT2D eigenvalue weighted by molar-refractivity contribution is 14.1. The third-order valence-electron chi connectivity index (χ3n) is 1.56. The van der Waals surface area contributed by atoms with Crippen LogP contribution >= 0.6 is 35.0 Å². The summed E-state index contributed by atoms with van der Waals surface area (Å²) >= 11 is 2.29. The minimum absolute atomic E-state index is 0. The van der Waals surface area contributed by atoms with E-state index in [1.54, 1.807) is 0 Å². The van der Waals surface area contributed by atoms with Crippen LogP contribution in [0.15, 0.2) is 12.1 Å². The minimum Gasteiger partial charge on any atom is -0.398 e.